The van der Waals surface area contributed by atoms with Crippen LogP contribution in [0.3, 0.4) is 0 Å². The summed E-state index contributed by atoms with van der Waals surface area (Å²) in [5.41, 5.74) is 0.881. The lowest BCUT2D eigenvalue weighted by atomic mass is 10.2. The Hall–Kier alpha value is -2.78. The zero-order chi connectivity index (χ0) is 19.2. The van der Waals surface area contributed by atoms with Crippen molar-refractivity contribution in [3.63, 3.8) is 0 Å². The number of rotatable bonds is 7. The lowest BCUT2D eigenvalue weighted by Crippen LogP contribution is -2.42. The molecule has 0 aliphatic heterocycles. The lowest BCUT2D eigenvalue weighted by Gasteiger charge is -2.12. The largest absolute Gasteiger partial charge is 0.497 e. The highest BCUT2D eigenvalue weighted by atomic mass is 32.1. The Kier molecular flexibility index (Phi) is 6.15. The molecular formula is C18H18N4O3S2. The number of ether oxygens (including phenoxy) is 1. The number of thiophene rings is 1. The highest BCUT2D eigenvalue weighted by Crippen LogP contribution is 2.27. The smallest absolute Gasteiger partial charge is 0.248 e. The second-order valence-corrected chi connectivity index (χ2v) is 7.69. The Balaban J connectivity index is 1.55. The Labute approximate surface area is 164 Å². The summed E-state index contributed by atoms with van der Waals surface area (Å²) in [7, 11) is 1.61. The van der Waals surface area contributed by atoms with E-state index in [1.807, 2.05) is 41.8 Å². The summed E-state index contributed by atoms with van der Waals surface area (Å²) in [6, 6.07) is 10.5. The van der Waals surface area contributed by atoms with E-state index >= 15 is 0 Å². The van der Waals surface area contributed by atoms with Gasteiger partial charge in [-0.2, -0.15) is 0 Å². The molecule has 1 aromatic carbocycles. The standard InChI is InChI=1S/C18H18N4O3S2/c1-11(19-15(23)10-14-4-3-9-26-14)16(24)20-18-22-21-17(27-18)12-5-7-13(25-2)8-6-12/h3-9,11H,10H2,1-2H3,(H,19,23)(H,20,22,24). The predicted octanol–water partition coefficient (Wildman–Crippen LogP) is 2.96. The number of anilines is 1. The fraction of sp³-hybridized carbons (Fsp3) is 0.222. The highest BCUT2D eigenvalue weighted by Gasteiger charge is 2.18. The summed E-state index contributed by atoms with van der Waals surface area (Å²) in [4.78, 5) is 25.2. The van der Waals surface area contributed by atoms with Crippen LogP contribution >= 0.6 is 22.7 Å². The highest BCUT2D eigenvalue weighted by molar-refractivity contribution is 7.18. The number of methoxy groups -OCH3 is 1. The van der Waals surface area contributed by atoms with E-state index in [1.165, 1.54) is 22.7 Å². The Bertz CT molecular complexity index is 907. The quantitative estimate of drug-likeness (QED) is 0.634. The molecule has 2 N–H and O–H groups in total. The van der Waals surface area contributed by atoms with Crippen molar-refractivity contribution >= 4 is 39.6 Å². The van der Waals surface area contributed by atoms with Gasteiger partial charge in [0.05, 0.1) is 13.5 Å². The van der Waals surface area contributed by atoms with E-state index in [2.05, 4.69) is 20.8 Å². The van der Waals surface area contributed by atoms with Gasteiger partial charge in [0.2, 0.25) is 16.9 Å². The van der Waals surface area contributed by atoms with Crippen LogP contribution in [0.15, 0.2) is 41.8 Å². The molecule has 27 heavy (non-hydrogen) atoms. The van der Waals surface area contributed by atoms with Crippen molar-refractivity contribution in [1.82, 2.24) is 15.5 Å². The van der Waals surface area contributed by atoms with Crippen molar-refractivity contribution < 1.29 is 14.3 Å². The molecule has 0 radical (unpaired) electrons. The maximum Gasteiger partial charge on any atom is 0.248 e. The third-order valence-electron chi connectivity index (χ3n) is 3.68. The minimum Gasteiger partial charge on any atom is -0.497 e. The van der Waals surface area contributed by atoms with Crippen molar-refractivity contribution in [3.05, 3.63) is 46.7 Å². The molecule has 140 valence electrons. The topological polar surface area (TPSA) is 93.2 Å². The Morgan fingerprint density at radius 1 is 1.19 bits per heavy atom. The van der Waals surface area contributed by atoms with Gasteiger partial charge in [0, 0.05) is 10.4 Å². The summed E-state index contributed by atoms with van der Waals surface area (Å²) in [5, 5.41) is 16.4. The van der Waals surface area contributed by atoms with E-state index in [1.54, 1.807) is 14.0 Å². The van der Waals surface area contributed by atoms with Crippen LogP contribution in [-0.2, 0) is 16.0 Å². The van der Waals surface area contributed by atoms with E-state index in [-0.39, 0.29) is 18.2 Å². The van der Waals surface area contributed by atoms with Gasteiger partial charge < -0.3 is 10.1 Å². The number of amides is 2. The minimum absolute atomic E-state index is 0.198. The van der Waals surface area contributed by atoms with Crippen LogP contribution in [0.1, 0.15) is 11.8 Å². The molecule has 3 rings (SSSR count). The van der Waals surface area contributed by atoms with Crippen LogP contribution in [0.5, 0.6) is 5.75 Å². The van der Waals surface area contributed by atoms with Gasteiger partial charge in [-0.1, -0.05) is 17.4 Å². The van der Waals surface area contributed by atoms with Crippen LogP contribution in [0, 0.1) is 0 Å². The van der Waals surface area contributed by atoms with Gasteiger partial charge in [-0.05, 0) is 42.6 Å². The lowest BCUT2D eigenvalue weighted by molar-refractivity contribution is -0.125. The molecule has 0 bridgehead atoms. The second-order valence-electron chi connectivity index (χ2n) is 5.68. The van der Waals surface area contributed by atoms with E-state index in [0.717, 1.165) is 16.2 Å². The Morgan fingerprint density at radius 3 is 2.63 bits per heavy atom. The van der Waals surface area contributed by atoms with Gasteiger partial charge >= 0.3 is 0 Å². The molecule has 0 saturated carbocycles. The van der Waals surface area contributed by atoms with Crippen LogP contribution in [0.25, 0.3) is 10.6 Å². The molecule has 0 aliphatic rings. The number of nitrogens with one attached hydrogen (secondary N) is 2. The molecule has 2 amide bonds. The number of nitrogens with zero attached hydrogens (tertiary/aromatic N) is 2. The van der Waals surface area contributed by atoms with Crippen molar-refractivity contribution in [2.24, 2.45) is 0 Å². The summed E-state index contributed by atoms with van der Waals surface area (Å²) >= 11 is 2.77. The second kappa shape index (κ2) is 8.74. The number of carbonyl (C=O) groups is 2. The zero-order valence-electron chi connectivity index (χ0n) is 14.8. The van der Waals surface area contributed by atoms with Crippen molar-refractivity contribution in [2.75, 3.05) is 12.4 Å². The third kappa shape index (κ3) is 5.11. The first-order valence-electron chi connectivity index (χ1n) is 8.15. The first kappa shape index (κ1) is 19.0. The molecule has 0 aliphatic carbocycles. The Morgan fingerprint density at radius 2 is 1.96 bits per heavy atom. The van der Waals surface area contributed by atoms with Gasteiger partial charge in [-0.3, -0.25) is 14.9 Å². The van der Waals surface area contributed by atoms with Gasteiger partial charge in [0.1, 0.15) is 16.8 Å². The van der Waals surface area contributed by atoms with Gasteiger partial charge in [0.25, 0.3) is 0 Å². The maximum atomic E-state index is 12.3. The summed E-state index contributed by atoms with van der Waals surface area (Å²) in [6.45, 7) is 1.63. The molecule has 0 saturated heterocycles. The van der Waals surface area contributed by atoms with E-state index in [4.69, 9.17) is 4.74 Å². The monoisotopic (exact) mass is 402 g/mol. The summed E-state index contributed by atoms with van der Waals surface area (Å²) in [5.74, 6) is 0.215. The fourth-order valence-corrected chi connectivity index (χ4v) is 3.72. The van der Waals surface area contributed by atoms with Gasteiger partial charge in [-0.25, -0.2) is 0 Å². The molecule has 2 heterocycles. The number of hydrogen-bond donors (Lipinski definition) is 2. The normalized spacial score (nSPS) is 11.6. The molecule has 0 fully saturated rings. The van der Waals surface area contributed by atoms with Crippen LogP contribution in [0.2, 0.25) is 0 Å². The predicted molar refractivity (Wildman–Crippen MR) is 106 cm³/mol. The summed E-state index contributed by atoms with van der Waals surface area (Å²) in [6.07, 6.45) is 0.260. The molecule has 1 unspecified atom stereocenters. The van der Waals surface area contributed by atoms with Crippen molar-refractivity contribution in [3.8, 4) is 16.3 Å². The third-order valence-corrected chi connectivity index (χ3v) is 5.44. The average molecular weight is 403 g/mol. The molecule has 1 atom stereocenters. The molecule has 0 spiro atoms. The zero-order valence-corrected chi connectivity index (χ0v) is 16.4. The maximum absolute atomic E-state index is 12.3. The van der Waals surface area contributed by atoms with Crippen LogP contribution in [0.4, 0.5) is 5.13 Å². The average Bonchev–Trinajstić information content (AvgIpc) is 3.33. The number of aromatic nitrogens is 2. The van der Waals surface area contributed by atoms with Crippen LogP contribution < -0.4 is 15.4 Å². The molecule has 9 heteroatoms. The van der Waals surface area contributed by atoms with E-state index in [0.29, 0.717) is 10.1 Å². The molecule has 3 aromatic rings. The molecule has 7 nitrogen and oxygen atoms in total. The van der Waals surface area contributed by atoms with Gasteiger partial charge in [-0.15, -0.1) is 21.5 Å². The fourth-order valence-electron chi connectivity index (χ4n) is 2.27. The molecular weight excluding hydrogens is 384 g/mol. The SMILES string of the molecule is COc1ccc(-c2nnc(NC(=O)C(C)NC(=O)Cc3cccs3)s2)cc1. The van der Waals surface area contributed by atoms with E-state index in [9.17, 15) is 9.59 Å². The summed E-state index contributed by atoms with van der Waals surface area (Å²) < 4.78 is 5.13. The van der Waals surface area contributed by atoms with E-state index < -0.39 is 6.04 Å². The van der Waals surface area contributed by atoms with Gasteiger partial charge in [0.15, 0.2) is 0 Å². The number of benzene rings is 1. The first-order valence-corrected chi connectivity index (χ1v) is 9.85. The minimum atomic E-state index is -0.675. The molecule has 2 aromatic heterocycles. The number of hydrogen-bond acceptors (Lipinski definition) is 7. The van der Waals surface area contributed by atoms with Crippen molar-refractivity contribution in [2.45, 2.75) is 19.4 Å². The first-order chi connectivity index (χ1) is 13.0. The van der Waals surface area contributed by atoms with Crippen LogP contribution in [-0.4, -0.2) is 35.2 Å². The van der Waals surface area contributed by atoms with Crippen molar-refractivity contribution in [1.29, 1.82) is 0 Å². The number of carbonyl (C=O) groups excluding carboxylic acids is 2.